The molecule has 0 unspecified atom stereocenters. The van der Waals surface area contributed by atoms with Gasteiger partial charge in [0.15, 0.2) is 5.75 Å². The van der Waals surface area contributed by atoms with E-state index in [0.29, 0.717) is 40.5 Å². The Morgan fingerprint density at radius 1 is 0.887 bits per heavy atom. The van der Waals surface area contributed by atoms with E-state index in [1.54, 1.807) is 36.4 Å². The number of hydrogen-bond donors (Lipinski definition) is 0. The minimum absolute atomic E-state index is 0.0899. The Morgan fingerprint density at radius 2 is 1.60 bits per heavy atom. The van der Waals surface area contributed by atoms with Crippen molar-refractivity contribution in [1.82, 2.24) is 14.8 Å². The predicted molar refractivity (Wildman–Crippen MR) is 208 cm³/mol. The molecule has 1 aromatic heterocycles. The summed E-state index contributed by atoms with van der Waals surface area (Å²) in [5.41, 5.74) is 6.78. The second-order valence-electron chi connectivity index (χ2n) is 13.5. The highest BCUT2D eigenvalue weighted by atomic mass is 35.5. The highest BCUT2D eigenvalue weighted by Gasteiger charge is 2.22. The first-order valence-electron chi connectivity index (χ1n) is 18.0. The van der Waals surface area contributed by atoms with E-state index < -0.39 is 0 Å². The van der Waals surface area contributed by atoms with Gasteiger partial charge in [0.05, 0.1) is 17.8 Å². The van der Waals surface area contributed by atoms with Crippen LogP contribution < -0.4 is 14.2 Å². The van der Waals surface area contributed by atoms with Crippen LogP contribution >= 0.6 is 11.6 Å². The molecule has 274 valence electrons. The Morgan fingerprint density at radius 3 is 2.26 bits per heavy atom. The fourth-order valence-electron chi connectivity index (χ4n) is 6.30. The van der Waals surface area contributed by atoms with Gasteiger partial charge in [-0.3, -0.25) is 9.69 Å². The van der Waals surface area contributed by atoms with E-state index in [1.807, 2.05) is 31.2 Å². The quantitative estimate of drug-likeness (QED) is 0.0785. The number of piperazine rings is 1. The average molecular weight is 734 g/mol. The number of pyridine rings is 1. The zero-order valence-corrected chi connectivity index (χ0v) is 31.2. The van der Waals surface area contributed by atoms with E-state index >= 15 is 0 Å². The van der Waals surface area contributed by atoms with Crippen molar-refractivity contribution in [3.05, 3.63) is 154 Å². The molecule has 1 saturated heterocycles. The SMILES string of the molecule is Cc1cc(/C(=C\C=O)N2CCN(Cc3ccc(CCOc4ccc(C(C)C)cc4)cc3)CC2)cc(Cl)c1Oc1ccc(OCc2ccccc2F)cn1. The Hall–Kier alpha value is -5.18. The molecule has 4 aromatic carbocycles. The first-order chi connectivity index (χ1) is 25.7. The van der Waals surface area contributed by atoms with Crippen LogP contribution in [0.2, 0.25) is 5.02 Å². The lowest BCUT2D eigenvalue weighted by Crippen LogP contribution is -2.45. The second kappa shape index (κ2) is 18.0. The van der Waals surface area contributed by atoms with Crippen molar-refractivity contribution in [1.29, 1.82) is 0 Å². The van der Waals surface area contributed by atoms with Gasteiger partial charge in [-0.25, -0.2) is 9.37 Å². The Bertz CT molecular complexity index is 1970. The summed E-state index contributed by atoms with van der Waals surface area (Å²) < 4.78 is 31.7. The Labute approximate surface area is 316 Å². The number of allylic oxidation sites excluding steroid dienone is 1. The summed E-state index contributed by atoms with van der Waals surface area (Å²) in [5.74, 6) is 2.41. The van der Waals surface area contributed by atoms with E-state index in [-0.39, 0.29) is 12.4 Å². The van der Waals surface area contributed by atoms with Crippen molar-refractivity contribution in [2.24, 2.45) is 0 Å². The number of aromatic nitrogens is 1. The van der Waals surface area contributed by atoms with Crippen LogP contribution in [-0.4, -0.2) is 53.9 Å². The number of benzene rings is 4. The predicted octanol–water partition coefficient (Wildman–Crippen LogP) is 9.66. The summed E-state index contributed by atoms with van der Waals surface area (Å²) in [6.07, 6.45) is 4.81. The molecule has 53 heavy (non-hydrogen) atoms. The molecular formula is C44H45ClFN3O4. The molecule has 0 radical (unpaired) electrons. The number of hydrogen-bond acceptors (Lipinski definition) is 7. The minimum atomic E-state index is -0.318. The molecule has 2 heterocycles. The molecule has 0 spiro atoms. The molecular weight excluding hydrogens is 689 g/mol. The van der Waals surface area contributed by atoms with Crippen molar-refractivity contribution in [2.75, 3.05) is 32.8 Å². The van der Waals surface area contributed by atoms with Gasteiger partial charge in [-0.1, -0.05) is 80.0 Å². The van der Waals surface area contributed by atoms with Crippen LogP contribution in [0.15, 0.2) is 109 Å². The lowest BCUT2D eigenvalue weighted by atomic mass is 10.0. The van der Waals surface area contributed by atoms with Crippen molar-refractivity contribution >= 4 is 23.6 Å². The van der Waals surface area contributed by atoms with E-state index in [1.165, 1.54) is 29.0 Å². The van der Waals surface area contributed by atoms with Gasteiger partial charge >= 0.3 is 0 Å². The molecule has 7 nitrogen and oxygen atoms in total. The molecule has 9 heteroatoms. The molecule has 0 bridgehead atoms. The molecule has 1 aliphatic rings. The first-order valence-corrected chi connectivity index (χ1v) is 18.4. The number of halogens is 2. The van der Waals surface area contributed by atoms with Gasteiger partial charge in [0.25, 0.3) is 0 Å². The fraction of sp³-hybridized carbons (Fsp3) is 0.273. The third-order valence-electron chi connectivity index (χ3n) is 9.37. The van der Waals surface area contributed by atoms with Crippen LogP contribution in [0.25, 0.3) is 5.70 Å². The lowest BCUT2D eigenvalue weighted by molar-refractivity contribution is -0.104. The Balaban J connectivity index is 0.991. The molecule has 0 aliphatic carbocycles. The third kappa shape index (κ3) is 10.2. The number of ether oxygens (including phenoxy) is 3. The number of aldehydes is 1. The maximum atomic E-state index is 13.9. The second-order valence-corrected chi connectivity index (χ2v) is 13.9. The zero-order chi connectivity index (χ0) is 37.2. The highest BCUT2D eigenvalue weighted by Crippen LogP contribution is 2.36. The average Bonchev–Trinajstić information content (AvgIpc) is 3.17. The van der Waals surface area contributed by atoms with Gasteiger partial charge in [-0.05, 0) is 77.1 Å². The van der Waals surface area contributed by atoms with Gasteiger partial charge < -0.3 is 19.1 Å². The van der Waals surface area contributed by atoms with Crippen molar-refractivity contribution < 1.29 is 23.4 Å². The van der Waals surface area contributed by atoms with Crippen LogP contribution in [0.1, 0.15) is 53.1 Å². The van der Waals surface area contributed by atoms with Crippen molar-refractivity contribution in [2.45, 2.75) is 46.3 Å². The van der Waals surface area contributed by atoms with E-state index in [2.05, 4.69) is 65.0 Å². The summed E-state index contributed by atoms with van der Waals surface area (Å²) in [7, 11) is 0. The zero-order valence-electron chi connectivity index (χ0n) is 30.4. The van der Waals surface area contributed by atoms with Gasteiger partial charge in [0, 0.05) is 62.5 Å². The number of aryl methyl sites for hydroxylation is 1. The molecule has 6 rings (SSSR count). The highest BCUT2D eigenvalue weighted by molar-refractivity contribution is 6.32. The van der Waals surface area contributed by atoms with Gasteiger partial charge in [-0.2, -0.15) is 0 Å². The van der Waals surface area contributed by atoms with Crippen molar-refractivity contribution in [3.8, 4) is 23.1 Å². The summed E-state index contributed by atoms with van der Waals surface area (Å²) in [4.78, 5) is 20.8. The molecule has 1 fully saturated rings. The molecule has 1 aliphatic heterocycles. The summed E-state index contributed by atoms with van der Waals surface area (Å²) in [6.45, 7) is 11.2. The third-order valence-corrected chi connectivity index (χ3v) is 9.65. The minimum Gasteiger partial charge on any atom is -0.493 e. The van der Waals surface area contributed by atoms with Gasteiger partial charge in [-0.15, -0.1) is 0 Å². The van der Waals surface area contributed by atoms with E-state index in [4.69, 9.17) is 25.8 Å². The molecule has 0 saturated carbocycles. The van der Waals surface area contributed by atoms with Gasteiger partial charge in [0.1, 0.15) is 30.2 Å². The number of nitrogens with zero attached hydrogens (tertiary/aromatic N) is 3. The number of rotatable bonds is 15. The normalized spacial score (nSPS) is 13.6. The maximum Gasteiger partial charge on any atom is 0.219 e. The van der Waals surface area contributed by atoms with Crippen molar-refractivity contribution in [3.63, 3.8) is 0 Å². The van der Waals surface area contributed by atoms with E-state index in [0.717, 1.165) is 68.0 Å². The van der Waals surface area contributed by atoms with Crippen LogP contribution in [0.3, 0.4) is 0 Å². The largest absolute Gasteiger partial charge is 0.493 e. The lowest BCUT2D eigenvalue weighted by Gasteiger charge is -2.37. The van der Waals surface area contributed by atoms with Crippen LogP contribution in [0.4, 0.5) is 4.39 Å². The summed E-state index contributed by atoms with van der Waals surface area (Å²) >= 11 is 6.76. The van der Waals surface area contributed by atoms with Gasteiger partial charge in [0.2, 0.25) is 5.88 Å². The summed E-state index contributed by atoms with van der Waals surface area (Å²) in [5, 5.41) is 0.410. The summed E-state index contributed by atoms with van der Waals surface area (Å²) in [6, 6.07) is 30.8. The standard InChI is InChI=1S/C44H45ClFN3O4/c1-31(2)35-12-14-38(15-13-35)51-25-19-33-8-10-34(11-9-33)29-48-20-22-49(23-21-48)42(18-24-50)37-26-32(3)44(40(45)27-37)53-43-17-16-39(28-47-43)52-30-36-6-4-5-7-41(36)46/h4-18,24,26-28,31H,19-23,25,29-30H2,1-3H3/b42-18+. The maximum absolute atomic E-state index is 13.9. The first kappa shape index (κ1) is 37.6. The van der Waals surface area contributed by atoms with Crippen LogP contribution in [0.5, 0.6) is 23.1 Å². The molecule has 0 N–H and O–H groups in total. The number of carbonyl (C=O) groups excluding carboxylic acids is 1. The monoisotopic (exact) mass is 733 g/mol. The molecule has 0 amide bonds. The van der Waals surface area contributed by atoms with Crippen LogP contribution in [-0.2, 0) is 24.4 Å². The van der Waals surface area contributed by atoms with E-state index in [9.17, 15) is 9.18 Å². The Kier molecular flexibility index (Phi) is 12.8. The number of carbonyl (C=O) groups is 1. The molecule has 0 atom stereocenters. The fourth-order valence-corrected chi connectivity index (χ4v) is 6.61. The smallest absolute Gasteiger partial charge is 0.219 e. The molecule has 5 aromatic rings. The van der Waals surface area contributed by atoms with Crippen LogP contribution in [0, 0.1) is 12.7 Å². The topological polar surface area (TPSA) is 64.1 Å².